The Morgan fingerprint density at radius 3 is 2.62 bits per heavy atom. The Morgan fingerprint density at radius 2 is 2.06 bits per heavy atom. The molecule has 0 aromatic carbocycles. The van der Waals surface area contributed by atoms with Crippen molar-refractivity contribution in [1.29, 1.82) is 0 Å². The van der Waals surface area contributed by atoms with E-state index in [0.717, 1.165) is 0 Å². The van der Waals surface area contributed by atoms with Crippen molar-refractivity contribution < 1.29 is 19.5 Å². The van der Waals surface area contributed by atoms with Gasteiger partial charge in [-0.15, -0.1) is 10.1 Å². The highest BCUT2D eigenvalue weighted by Gasteiger charge is 2.02. The Morgan fingerprint density at radius 1 is 1.44 bits per heavy atom. The van der Waals surface area contributed by atoms with Crippen LogP contribution in [0.3, 0.4) is 0 Å². The lowest BCUT2D eigenvalue weighted by atomic mass is 10.3. The third-order valence-electron chi connectivity index (χ3n) is 1.61. The molecule has 0 aliphatic carbocycles. The molecule has 1 heterocycles. The molecule has 0 aliphatic rings. The average molecular weight is 226 g/mol. The van der Waals surface area contributed by atoms with Gasteiger partial charge in [0, 0.05) is 6.92 Å². The van der Waals surface area contributed by atoms with Gasteiger partial charge in [-0.25, -0.2) is 0 Å². The number of aromatic nitrogens is 1. The smallest absolute Gasteiger partial charge is 0.303 e. The number of carbonyl (C=O) groups is 1. The molecule has 0 N–H and O–H groups in total. The molecule has 0 amide bonds. The predicted molar refractivity (Wildman–Crippen MR) is 51.5 cm³/mol. The Labute approximate surface area is 91.1 Å². The summed E-state index contributed by atoms with van der Waals surface area (Å²) in [4.78, 5) is 28.7. The van der Waals surface area contributed by atoms with Gasteiger partial charge in [0.05, 0.1) is 11.4 Å². The molecule has 0 spiro atoms. The first-order valence-corrected chi connectivity index (χ1v) is 4.43. The van der Waals surface area contributed by atoms with Gasteiger partial charge in [-0.05, 0) is 12.1 Å². The second-order valence-electron chi connectivity index (χ2n) is 2.90. The zero-order valence-electron chi connectivity index (χ0n) is 8.58. The maximum atomic E-state index is 10.6. The van der Waals surface area contributed by atoms with Crippen LogP contribution in [0.4, 0.5) is 0 Å². The molecule has 1 rings (SSSR count). The number of carbonyl (C=O) groups excluding carboxylic acids is 1. The van der Waals surface area contributed by atoms with Gasteiger partial charge in [0.25, 0.3) is 5.09 Å². The van der Waals surface area contributed by atoms with E-state index in [0.29, 0.717) is 11.4 Å². The Hall–Kier alpha value is -2.18. The number of esters is 1. The van der Waals surface area contributed by atoms with E-state index in [9.17, 15) is 14.9 Å². The maximum absolute atomic E-state index is 10.6. The van der Waals surface area contributed by atoms with Gasteiger partial charge in [0.15, 0.2) is 0 Å². The monoisotopic (exact) mass is 226 g/mol. The summed E-state index contributed by atoms with van der Waals surface area (Å²) >= 11 is 0. The van der Waals surface area contributed by atoms with Crippen molar-refractivity contribution in [3.8, 4) is 0 Å². The highest BCUT2D eigenvalue weighted by Crippen LogP contribution is 2.03. The van der Waals surface area contributed by atoms with Crippen LogP contribution >= 0.6 is 0 Å². The minimum Gasteiger partial charge on any atom is -0.459 e. The van der Waals surface area contributed by atoms with Gasteiger partial charge in [0.2, 0.25) is 0 Å². The van der Waals surface area contributed by atoms with Crippen molar-refractivity contribution >= 4 is 5.97 Å². The minimum atomic E-state index is -0.888. The van der Waals surface area contributed by atoms with Crippen molar-refractivity contribution in [3.63, 3.8) is 0 Å². The van der Waals surface area contributed by atoms with E-state index in [1.165, 1.54) is 6.92 Å². The summed E-state index contributed by atoms with van der Waals surface area (Å²) in [5.41, 5.74) is 0.918. The molecule has 0 saturated heterocycles. The molecule has 7 heteroatoms. The number of hydrogen-bond donors (Lipinski definition) is 0. The summed E-state index contributed by atoms with van der Waals surface area (Å²) in [5, 5.41) is 9.07. The fraction of sp³-hybridized carbons (Fsp3) is 0.333. The molecule has 0 unspecified atom stereocenters. The van der Waals surface area contributed by atoms with Gasteiger partial charge in [0.1, 0.15) is 13.2 Å². The Balaban J connectivity index is 2.56. The summed E-state index contributed by atoms with van der Waals surface area (Å²) in [6, 6.07) is 4.89. The highest BCUT2D eigenvalue weighted by molar-refractivity contribution is 5.65. The van der Waals surface area contributed by atoms with Crippen LogP contribution in [0.5, 0.6) is 0 Å². The van der Waals surface area contributed by atoms with Crippen LogP contribution in [0.15, 0.2) is 18.2 Å². The van der Waals surface area contributed by atoms with Crippen LogP contribution in [-0.2, 0) is 27.6 Å². The van der Waals surface area contributed by atoms with Gasteiger partial charge in [-0.3, -0.25) is 9.78 Å². The van der Waals surface area contributed by atoms with Gasteiger partial charge < -0.3 is 9.57 Å². The second-order valence-corrected chi connectivity index (χ2v) is 2.90. The van der Waals surface area contributed by atoms with Crippen LogP contribution in [0.2, 0.25) is 0 Å². The van der Waals surface area contributed by atoms with E-state index in [-0.39, 0.29) is 13.2 Å². The third kappa shape index (κ3) is 4.36. The SMILES string of the molecule is CC(=O)OCc1cccc(CO[N+](=O)[O-])n1. The summed E-state index contributed by atoms with van der Waals surface area (Å²) < 4.78 is 4.73. The number of rotatable bonds is 5. The quantitative estimate of drug-likeness (QED) is 0.420. The van der Waals surface area contributed by atoms with Crippen molar-refractivity contribution in [2.24, 2.45) is 0 Å². The molecule has 0 aliphatic heterocycles. The molecule has 0 radical (unpaired) electrons. The fourth-order valence-corrected chi connectivity index (χ4v) is 0.984. The summed E-state index contributed by atoms with van der Waals surface area (Å²) in [7, 11) is 0. The summed E-state index contributed by atoms with van der Waals surface area (Å²) in [6.45, 7) is 1.11. The maximum Gasteiger partial charge on any atom is 0.303 e. The number of ether oxygens (including phenoxy) is 1. The van der Waals surface area contributed by atoms with Gasteiger partial charge in [-0.1, -0.05) is 6.07 Å². The molecular weight excluding hydrogens is 216 g/mol. The largest absolute Gasteiger partial charge is 0.459 e. The molecule has 0 fully saturated rings. The molecule has 1 aromatic rings. The van der Waals surface area contributed by atoms with Crippen LogP contribution in [0, 0.1) is 10.1 Å². The zero-order chi connectivity index (χ0) is 12.0. The van der Waals surface area contributed by atoms with E-state index < -0.39 is 11.1 Å². The van der Waals surface area contributed by atoms with E-state index in [2.05, 4.69) is 9.82 Å². The van der Waals surface area contributed by atoms with Crippen molar-refractivity contribution in [3.05, 3.63) is 39.7 Å². The average Bonchev–Trinajstić information content (AvgIpc) is 2.24. The third-order valence-corrected chi connectivity index (χ3v) is 1.61. The first kappa shape index (κ1) is 11.9. The van der Waals surface area contributed by atoms with Gasteiger partial charge >= 0.3 is 5.97 Å². The van der Waals surface area contributed by atoms with E-state index in [4.69, 9.17) is 4.74 Å². The first-order valence-electron chi connectivity index (χ1n) is 4.43. The van der Waals surface area contributed by atoms with Crippen LogP contribution in [-0.4, -0.2) is 16.0 Å². The minimum absolute atomic E-state index is 0.0433. The molecule has 0 atom stereocenters. The highest BCUT2D eigenvalue weighted by atomic mass is 16.9. The van der Waals surface area contributed by atoms with E-state index in [1.54, 1.807) is 18.2 Å². The van der Waals surface area contributed by atoms with Crippen LogP contribution in [0.1, 0.15) is 18.3 Å². The van der Waals surface area contributed by atoms with Crippen molar-refractivity contribution in [2.45, 2.75) is 20.1 Å². The molecule has 0 bridgehead atoms. The lowest BCUT2D eigenvalue weighted by Crippen LogP contribution is -2.05. The van der Waals surface area contributed by atoms with E-state index >= 15 is 0 Å². The predicted octanol–water partition coefficient (Wildman–Crippen LogP) is 0.853. The first-order chi connectivity index (χ1) is 7.58. The summed E-state index contributed by atoms with van der Waals surface area (Å²) in [5.74, 6) is -0.409. The molecule has 16 heavy (non-hydrogen) atoms. The topological polar surface area (TPSA) is 91.6 Å². The number of nitrogens with zero attached hydrogens (tertiary/aromatic N) is 2. The van der Waals surface area contributed by atoms with E-state index in [1.807, 2.05) is 0 Å². The lowest BCUT2D eigenvalue weighted by Gasteiger charge is -2.03. The molecule has 1 aromatic heterocycles. The molecule has 0 saturated carbocycles. The fourth-order valence-electron chi connectivity index (χ4n) is 0.984. The Bertz CT molecular complexity index is 360. The molecule has 7 nitrogen and oxygen atoms in total. The molecular formula is C9H10N2O5. The van der Waals surface area contributed by atoms with Crippen molar-refractivity contribution in [2.75, 3.05) is 0 Å². The number of pyridine rings is 1. The van der Waals surface area contributed by atoms with Crippen LogP contribution < -0.4 is 0 Å². The normalized spacial score (nSPS) is 9.56. The van der Waals surface area contributed by atoms with Crippen LogP contribution in [0.25, 0.3) is 0 Å². The second kappa shape index (κ2) is 5.64. The molecule has 86 valence electrons. The van der Waals surface area contributed by atoms with Gasteiger partial charge in [-0.2, -0.15) is 0 Å². The lowest BCUT2D eigenvalue weighted by molar-refractivity contribution is -0.763. The number of hydrogen-bond acceptors (Lipinski definition) is 6. The summed E-state index contributed by atoms with van der Waals surface area (Å²) in [6.07, 6.45) is 0. The Kier molecular flexibility index (Phi) is 4.19. The standard InChI is InChI=1S/C9H10N2O5/c1-7(12)15-5-8-3-2-4-9(10-8)6-16-11(13)14/h2-4H,5-6H2,1H3. The zero-order valence-corrected chi connectivity index (χ0v) is 8.58. The van der Waals surface area contributed by atoms with Crippen molar-refractivity contribution in [1.82, 2.24) is 4.98 Å².